The van der Waals surface area contributed by atoms with Gasteiger partial charge in [0.2, 0.25) is 10.0 Å². The first-order valence-corrected chi connectivity index (χ1v) is 8.30. The quantitative estimate of drug-likeness (QED) is 0.816. The molecule has 19 heavy (non-hydrogen) atoms. The van der Waals surface area contributed by atoms with Crippen LogP contribution >= 0.6 is 0 Å². The van der Waals surface area contributed by atoms with Gasteiger partial charge in [0.1, 0.15) is 0 Å². The molecule has 6 heteroatoms. The Labute approximate surface area is 114 Å². The van der Waals surface area contributed by atoms with Gasteiger partial charge >= 0.3 is 0 Å². The van der Waals surface area contributed by atoms with Crippen LogP contribution < -0.4 is 10.5 Å². The highest BCUT2D eigenvalue weighted by Crippen LogP contribution is 2.60. The molecule has 0 aliphatic heterocycles. The number of nitrogens with two attached hydrogens (primary N) is 1. The zero-order chi connectivity index (χ0) is 13.7. The summed E-state index contributed by atoms with van der Waals surface area (Å²) < 4.78 is 29.1. The molecule has 1 aromatic heterocycles. The molecule has 3 N–H and O–H groups in total. The van der Waals surface area contributed by atoms with Crippen LogP contribution in [0.3, 0.4) is 0 Å². The maximum absolute atomic E-state index is 12.3. The van der Waals surface area contributed by atoms with Crippen LogP contribution in [0.1, 0.15) is 31.4 Å². The molecule has 0 radical (unpaired) electrons. The van der Waals surface area contributed by atoms with Crippen LogP contribution in [0.4, 0.5) is 0 Å². The average molecular weight is 283 g/mol. The summed E-state index contributed by atoms with van der Waals surface area (Å²) in [6, 6.07) is 1.65. The summed E-state index contributed by atoms with van der Waals surface area (Å²) in [7, 11) is -1.58. The first-order chi connectivity index (χ1) is 8.97. The van der Waals surface area contributed by atoms with Crippen LogP contribution in [0, 0.1) is 11.3 Å². The van der Waals surface area contributed by atoms with E-state index >= 15 is 0 Å². The normalized spacial score (nSPS) is 21.6. The molecule has 0 spiro atoms. The highest BCUT2D eigenvalue weighted by atomic mass is 32.2. The second-order valence-electron chi connectivity index (χ2n) is 5.94. The van der Waals surface area contributed by atoms with Crippen molar-refractivity contribution in [2.45, 2.75) is 37.1 Å². The minimum atomic E-state index is -3.40. The van der Waals surface area contributed by atoms with E-state index in [1.807, 2.05) is 7.05 Å². The first kappa shape index (κ1) is 13.1. The van der Waals surface area contributed by atoms with Gasteiger partial charge in [-0.25, -0.2) is 13.1 Å². The van der Waals surface area contributed by atoms with Gasteiger partial charge in [-0.3, -0.25) is 0 Å². The minimum Gasteiger partial charge on any atom is -0.352 e. The van der Waals surface area contributed by atoms with Crippen LogP contribution in [0.5, 0.6) is 0 Å². The molecule has 2 aliphatic carbocycles. The fourth-order valence-corrected chi connectivity index (χ4v) is 4.07. The predicted molar refractivity (Wildman–Crippen MR) is 72.9 cm³/mol. The standard InChI is InChI=1S/C13H21N3O2S/c1-16-8-12(6-11(16)7-14)19(17,18)15-9-13(4-5-13)10-2-3-10/h6,8,10,15H,2-5,7,9,14H2,1H3. The van der Waals surface area contributed by atoms with Crippen molar-refractivity contribution in [2.75, 3.05) is 6.54 Å². The van der Waals surface area contributed by atoms with Crippen molar-refractivity contribution in [2.24, 2.45) is 24.1 Å². The van der Waals surface area contributed by atoms with Gasteiger partial charge in [-0.1, -0.05) is 0 Å². The molecular formula is C13H21N3O2S. The summed E-state index contributed by atoms with van der Waals surface area (Å²) in [4.78, 5) is 0.321. The third kappa shape index (κ3) is 2.44. The van der Waals surface area contributed by atoms with Gasteiger partial charge in [0.25, 0.3) is 0 Å². The number of aromatic nitrogens is 1. The first-order valence-electron chi connectivity index (χ1n) is 6.82. The third-order valence-electron chi connectivity index (χ3n) is 4.55. The maximum atomic E-state index is 12.3. The average Bonchev–Trinajstić information content (AvgIpc) is 3.23. The van der Waals surface area contributed by atoms with Gasteiger partial charge in [-0.05, 0) is 43.1 Å². The topological polar surface area (TPSA) is 77.1 Å². The summed E-state index contributed by atoms with van der Waals surface area (Å²) >= 11 is 0. The van der Waals surface area contributed by atoms with E-state index in [0.717, 1.165) is 11.6 Å². The van der Waals surface area contributed by atoms with E-state index in [0.29, 0.717) is 18.0 Å². The van der Waals surface area contributed by atoms with Crippen molar-refractivity contribution in [3.05, 3.63) is 18.0 Å². The van der Waals surface area contributed by atoms with E-state index in [9.17, 15) is 8.42 Å². The summed E-state index contributed by atoms with van der Waals surface area (Å²) in [6.07, 6.45) is 6.50. The summed E-state index contributed by atoms with van der Waals surface area (Å²) in [5.41, 5.74) is 6.67. The highest BCUT2D eigenvalue weighted by molar-refractivity contribution is 7.89. The lowest BCUT2D eigenvalue weighted by Gasteiger charge is -2.14. The van der Waals surface area contributed by atoms with Gasteiger partial charge in [-0.2, -0.15) is 0 Å². The molecule has 0 aromatic carbocycles. The van der Waals surface area contributed by atoms with Gasteiger partial charge in [-0.15, -0.1) is 0 Å². The van der Waals surface area contributed by atoms with Gasteiger partial charge in [0, 0.05) is 32.0 Å². The van der Waals surface area contributed by atoms with E-state index in [4.69, 9.17) is 5.73 Å². The van der Waals surface area contributed by atoms with E-state index in [1.165, 1.54) is 25.7 Å². The number of nitrogens with zero attached hydrogens (tertiary/aromatic N) is 1. The third-order valence-corrected chi connectivity index (χ3v) is 5.92. The lowest BCUT2D eigenvalue weighted by molar-refractivity contribution is 0.432. The lowest BCUT2D eigenvalue weighted by atomic mass is 10.0. The number of hydrogen-bond acceptors (Lipinski definition) is 3. The molecule has 0 atom stereocenters. The number of sulfonamides is 1. The van der Waals surface area contributed by atoms with E-state index in [2.05, 4.69) is 4.72 Å². The van der Waals surface area contributed by atoms with E-state index in [-0.39, 0.29) is 5.41 Å². The molecule has 106 valence electrons. The number of aryl methyl sites for hydroxylation is 1. The number of rotatable bonds is 6. The molecule has 2 fully saturated rings. The van der Waals surface area contributed by atoms with Crippen molar-refractivity contribution in [1.82, 2.24) is 9.29 Å². The van der Waals surface area contributed by atoms with Crippen molar-refractivity contribution < 1.29 is 8.42 Å². The molecule has 0 amide bonds. The molecular weight excluding hydrogens is 262 g/mol. The fraction of sp³-hybridized carbons (Fsp3) is 0.692. The SMILES string of the molecule is Cn1cc(S(=O)(=O)NCC2(C3CC3)CC2)cc1CN. The van der Waals surface area contributed by atoms with Gasteiger partial charge in [0.05, 0.1) is 4.90 Å². The molecule has 2 saturated carbocycles. The Bertz CT molecular complexity index is 583. The number of nitrogens with one attached hydrogen (secondary N) is 1. The molecule has 1 aromatic rings. The molecule has 2 aliphatic rings. The molecule has 0 unspecified atom stereocenters. The smallest absolute Gasteiger partial charge is 0.242 e. The largest absolute Gasteiger partial charge is 0.352 e. The summed E-state index contributed by atoms with van der Waals surface area (Å²) in [5, 5.41) is 0. The van der Waals surface area contributed by atoms with Crippen LogP contribution in [0.2, 0.25) is 0 Å². The zero-order valence-electron chi connectivity index (χ0n) is 11.2. The van der Waals surface area contributed by atoms with E-state index in [1.54, 1.807) is 16.8 Å². The molecule has 1 heterocycles. The van der Waals surface area contributed by atoms with Crippen molar-refractivity contribution >= 4 is 10.0 Å². The Balaban J connectivity index is 1.71. The maximum Gasteiger partial charge on any atom is 0.242 e. The van der Waals surface area contributed by atoms with Crippen molar-refractivity contribution in [1.29, 1.82) is 0 Å². The summed E-state index contributed by atoms with van der Waals surface area (Å²) in [6.45, 7) is 0.935. The fourth-order valence-electron chi connectivity index (χ4n) is 2.83. The van der Waals surface area contributed by atoms with Crippen molar-refractivity contribution in [3.8, 4) is 0 Å². The van der Waals surface area contributed by atoms with Gasteiger partial charge < -0.3 is 10.3 Å². The second kappa shape index (κ2) is 4.33. The second-order valence-corrected chi connectivity index (χ2v) is 7.71. The Kier molecular flexibility index (Phi) is 2.99. The minimum absolute atomic E-state index is 0.276. The Morgan fingerprint density at radius 2 is 2.16 bits per heavy atom. The number of hydrogen-bond donors (Lipinski definition) is 2. The van der Waals surface area contributed by atoms with Crippen LogP contribution in [-0.4, -0.2) is 19.5 Å². The molecule has 3 rings (SSSR count). The zero-order valence-corrected chi connectivity index (χ0v) is 12.0. The van der Waals surface area contributed by atoms with E-state index < -0.39 is 10.0 Å². The molecule has 0 saturated heterocycles. The monoisotopic (exact) mass is 283 g/mol. The Morgan fingerprint density at radius 3 is 2.63 bits per heavy atom. The lowest BCUT2D eigenvalue weighted by Crippen LogP contribution is -2.31. The highest BCUT2D eigenvalue weighted by Gasteiger charge is 2.53. The van der Waals surface area contributed by atoms with Crippen LogP contribution in [-0.2, 0) is 23.6 Å². The molecule has 5 nitrogen and oxygen atoms in total. The summed E-state index contributed by atoms with van der Waals surface area (Å²) in [5.74, 6) is 0.755. The Hall–Kier alpha value is -0.850. The molecule has 0 bridgehead atoms. The Morgan fingerprint density at radius 1 is 1.47 bits per heavy atom. The van der Waals surface area contributed by atoms with Gasteiger partial charge in [0.15, 0.2) is 0 Å². The predicted octanol–water partition coefficient (Wildman–Crippen LogP) is 0.952. The van der Waals surface area contributed by atoms with Crippen LogP contribution in [0.15, 0.2) is 17.2 Å². The van der Waals surface area contributed by atoms with Crippen LogP contribution in [0.25, 0.3) is 0 Å². The van der Waals surface area contributed by atoms with Crippen molar-refractivity contribution in [3.63, 3.8) is 0 Å².